The molecular weight excluding hydrogens is 409 g/mol. The Kier molecular flexibility index (Phi) is 5.69. The molecule has 0 atom stereocenters. The summed E-state index contributed by atoms with van der Waals surface area (Å²) in [6, 6.07) is 21.5. The van der Waals surface area contributed by atoms with Crippen LogP contribution in [0, 0.1) is 0 Å². The van der Waals surface area contributed by atoms with Crippen LogP contribution in [0.15, 0.2) is 77.9 Å². The molecule has 1 N–H and O–H groups in total. The van der Waals surface area contributed by atoms with E-state index in [4.69, 9.17) is 27.9 Å². The lowest BCUT2D eigenvalue weighted by Gasteiger charge is -2.12. The molecule has 1 heterocycles. The van der Waals surface area contributed by atoms with Crippen LogP contribution in [0.5, 0.6) is 11.5 Å². The molecule has 0 fully saturated rings. The summed E-state index contributed by atoms with van der Waals surface area (Å²) in [5.41, 5.74) is 2.41. The number of ether oxygens (including phenoxy) is 1. The summed E-state index contributed by atoms with van der Waals surface area (Å²) in [7, 11) is 0. The molecule has 0 radical (unpaired) electrons. The average molecular weight is 426 g/mol. The molecule has 3 aromatic carbocycles. The first-order valence-electron chi connectivity index (χ1n) is 9.02. The van der Waals surface area contributed by atoms with E-state index in [0.29, 0.717) is 40.2 Å². The van der Waals surface area contributed by atoms with Crippen molar-refractivity contribution in [3.05, 3.63) is 88.4 Å². The van der Waals surface area contributed by atoms with E-state index in [9.17, 15) is 4.79 Å². The fourth-order valence-electron chi connectivity index (χ4n) is 2.91. The summed E-state index contributed by atoms with van der Waals surface area (Å²) in [5, 5.41) is 9.99. The highest BCUT2D eigenvalue weighted by Gasteiger charge is 2.22. The molecule has 29 heavy (non-hydrogen) atoms. The van der Waals surface area contributed by atoms with Gasteiger partial charge in [0.05, 0.1) is 12.3 Å². The third-order valence-electron chi connectivity index (χ3n) is 4.35. The van der Waals surface area contributed by atoms with Crippen LogP contribution in [-0.4, -0.2) is 23.3 Å². The molecule has 0 spiro atoms. The van der Waals surface area contributed by atoms with Gasteiger partial charge < -0.3 is 10.1 Å². The second kappa shape index (κ2) is 8.55. The first-order chi connectivity index (χ1) is 14.1. The number of hydrazone groups is 1. The molecule has 0 unspecified atom stereocenters. The molecule has 1 aliphatic heterocycles. The number of carbonyl (C=O) groups is 1. The fourth-order valence-corrected chi connectivity index (χ4v) is 3.16. The molecule has 0 aliphatic carbocycles. The number of hydrogen-bond acceptors (Lipinski definition) is 3. The minimum atomic E-state index is -0.282. The lowest BCUT2D eigenvalue weighted by molar-refractivity contribution is 0.219. The molecule has 4 rings (SSSR count). The molecule has 0 saturated carbocycles. The van der Waals surface area contributed by atoms with Gasteiger partial charge in [0, 0.05) is 27.7 Å². The number of urea groups is 1. The van der Waals surface area contributed by atoms with Gasteiger partial charge in [-0.05, 0) is 60.7 Å². The van der Waals surface area contributed by atoms with Crippen molar-refractivity contribution in [1.82, 2.24) is 5.01 Å². The standard InChI is InChI=1S/C22H17Cl2N3O2/c23-16-4-8-18(9-5-16)25-22(28)27-13-12-21(26-27)15-2-1-3-20(14-15)29-19-10-6-17(24)7-11-19/h1-11,14H,12-13H2,(H,25,28). The summed E-state index contributed by atoms with van der Waals surface area (Å²) in [6.45, 7) is 0.511. The van der Waals surface area contributed by atoms with Crippen molar-refractivity contribution in [1.29, 1.82) is 0 Å². The molecule has 2 amide bonds. The van der Waals surface area contributed by atoms with Crippen LogP contribution in [0.4, 0.5) is 10.5 Å². The van der Waals surface area contributed by atoms with Gasteiger partial charge in [0.1, 0.15) is 11.5 Å². The molecular formula is C22H17Cl2N3O2. The van der Waals surface area contributed by atoms with Gasteiger partial charge in [0.2, 0.25) is 0 Å². The molecule has 1 aliphatic rings. The lowest BCUT2D eigenvalue weighted by Crippen LogP contribution is -2.28. The number of hydrogen-bond donors (Lipinski definition) is 1. The summed E-state index contributed by atoms with van der Waals surface area (Å²) in [6.07, 6.45) is 0.665. The Bertz CT molecular complexity index is 1050. The van der Waals surface area contributed by atoms with E-state index in [1.165, 1.54) is 5.01 Å². The predicted octanol–water partition coefficient (Wildman–Crippen LogP) is 6.43. The van der Waals surface area contributed by atoms with Crippen molar-refractivity contribution in [2.45, 2.75) is 6.42 Å². The maximum Gasteiger partial charge on any atom is 0.342 e. The first kappa shape index (κ1) is 19.3. The Balaban J connectivity index is 1.45. The maximum absolute atomic E-state index is 12.5. The van der Waals surface area contributed by atoms with Crippen molar-refractivity contribution >= 4 is 40.6 Å². The van der Waals surface area contributed by atoms with E-state index in [1.54, 1.807) is 36.4 Å². The Morgan fingerprint density at radius 2 is 1.62 bits per heavy atom. The smallest absolute Gasteiger partial charge is 0.342 e. The number of carbonyl (C=O) groups excluding carboxylic acids is 1. The van der Waals surface area contributed by atoms with Gasteiger partial charge >= 0.3 is 6.03 Å². The molecule has 0 aromatic heterocycles. The largest absolute Gasteiger partial charge is 0.457 e. The third kappa shape index (κ3) is 4.88. The predicted molar refractivity (Wildman–Crippen MR) is 116 cm³/mol. The summed E-state index contributed by atoms with van der Waals surface area (Å²) >= 11 is 11.8. The summed E-state index contributed by atoms with van der Waals surface area (Å²) < 4.78 is 5.88. The molecule has 3 aromatic rings. The fraction of sp³-hybridized carbons (Fsp3) is 0.0909. The Hall–Kier alpha value is -3.02. The number of anilines is 1. The second-order valence-corrected chi connectivity index (χ2v) is 7.31. The van der Waals surface area contributed by atoms with Crippen LogP contribution in [0.3, 0.4) is 0 Å². The van der Waals surface area contributed by atoms with E-state index in [-0.39, 0.29) is 6.03 Å². The minimum Gasteiger partial charge on any atom is -0.457 e. The highest BCUT2D eigenvalue weighted by Crippen LogP contribution is 2.25. The normalized spacial score (nSPS) is 13.2. The van der Waals surface area contributed by atoms with Gasteiger partial charge in [-0.2, -0.15) is 5.10 Å². The SMILES string of the molecule is O=C(Nc1ccc(Cl)cc1)N1CCC(c2cccc(Oc3ccc(Cl)cc3)c2)=N1. The van der Waals surface area contributed by atoms with E-state index in [0.717, 1.165) is 11.3 Å². The van der Waals surface area contributed by atoms with Gasteiger partial charge in [-0.15, -0.1) is 0 Å². The van der Waals surface area contributed by atoms with Gasteiger partial charge in [0.15, 0.2) is 0 Å². The zero-order chi connectivity index (χ0) is 20.2. The zero-order valence-corrected chi connectivity index (χ0v) is 16.8. The van der Waals surface area contributed by atoms with Crippen LogP contribution < -0.4 is 10.1 Å². The number of amides is 2. The molecule has 0 saturated heterocycles. The van der Waals surface area contributed by atoms with Crippen LogP contribution in [0.2, 0.25) is 10.0 Å². The van der Waals surface area contributed by atoms with Crippen LogP contribution >= 0.6 is 23.2 Å². The average Bonchev–Trinajstić information content (AvgIpc) is 3.22. The van der Waals surface area contributed by atoms with Gasteiger partial charge in [-0.1, -0.05) is 35.3 Å². The monoisotopic (exact) mass is 425 g/mol. The summed E-state index contributed by atoms with van der Waals surface area (Å²) in [4.78, 5) is 12.5. The van der Waals surface area contributed by atoms with Crippen molar-refractivity contribution in [3.63, 3.8) is 0 Å². The lowest BCUT2D eigenvalue weighted by atomic mass is 10.1. The van der Waals surface area contributed by atoms with Crippen molar-refractivity contribution in [2.75, 3.05) is 11.9 Å². The van der Waals surface area contributed by atoms with E-state index >= 15 is 0 Å². The minimum absolute atomic E-state index is 0.282. The van der Waals surface area contributed by atoms with Crippen molar-refractivity contribution < 1.29 is 9.53 Å². The van der Waals surface area contributed by atoms with Crippen LogP contribution in [0.25, 0.3) is 0 Å². The topological polar surface area (TPSA) is 53.9 Å². The highest BCUT2D eigenvalue weighted by molar-refractivity contribution is 6.30. The number of halogens is 2. The second-order valence-electron chi connectivity index (χ2n) is 6.44. The van der Waals surface area contributed by atoms with E-state index in [1.807, 2.05) is 36.4 Å². The Morgan fingerprint density at radius 3 is 2.34 bits per heavy atom. The van der Waals surface area contributed by atoms with Gasteiger partial charge in [0.25, 0.3) is 0 Å². The third-order valence-corrected chi connectivity index (χ3v) is 4.85. The molecule has 7 heteroatoms. The molecule has 0 bridgehead atoms. The number of nitrogens with one attached hydrogen (secondary N) is 1. The van der Waals surface area contributed by atoms with Crippen molar-refractivity contribution in [3.8, 4) is 11.5 Å². The number of benzene rings is 3. The van der Waals surface area contributed by atoms with E-state index in [2.05, 4.69) is 10.4 Å². The van der Waals surface area contributed by atoms with Crippen LogP contribution in [-0.2, 0) is 0 Å². The van der Waals surface area contributed by atoms with Gasteiger partial charge in [-0.3, -0.25) is 0 Å². The Labute approximate surface area is 178 Å². The summed E-state index contributed by atoms with van der Waals surface area (Å²) in [5.74, 6) is 1.39. The number of rotatable bonds is 4. The van der Waals surface area contributed by atoms with Crippen LogP contribution in [0.1, 0.15) is 12.0 Å². The Morgan fingerprint density at radius 1 is 0.931 bits per heavy atom. The first-order valence-corrected chi connectivity index (χ1v) is 9.78. The number of nitrogens with zero attached hydrogens (tertiary/aromatic N) is 2. The molecule has 5 nitrogen and oxygen atoms in total. The van der Waals surface area contributed by atoms with Gasteiger partial charge in [-0.25, -0.2) is 9.80 Å². The van der Waals surface area contributed by atoms with E-state index < -0.39 is 0 Å². The quantitative estimate of drug-likeness (QED) is 0.523. The molecule has 146 valence electrons. The van der Waals surface area contributed by atoms with Crippen molar-refractivity contribution in [2.24, 2.45) is 5.10 Å². The maximum atomic E-state index is 12.5. The highest BCUT2D eigenvalue weighted by atomic mass is 35.5. The zero-order valence-electron chi connectivity index (χ0n) is 15.3.